The van der Waals surface area contributed by atoms with Crippen LogP contribution in [0.3, 0.4) is 0 Å². The number of halogens is 5. The van der Waals surface area contributed by atoms with Gasteiger partial charge in [-0.05, 0) is 37.3 Å². The Morgan fingerprint density at radius 3 is 2.43 bits per heavy atom. The lowest BCUT2D eigenvalue weighted by Gasteiger charge is -2.38. The molecule has 1 fully saturated rings. The number of sulfone groups is 1. The molecule has 0 spiro atoms. The Bertz CT molecular complexity index is 1460. The molecule has 35 heavy (non-hydrogen) atoms. The van der Waals surface area contributed by atoms with E-state index in [9.17, 15) is 40.0 Å². The number of carbonyl (C=O) groups excluding carboxylic acids is 1. The molecule has 8 nitrogen and oxygen atoms in total. The van der Waals surface area contributed by atoms with Crippen LogP contribution in [-0.4, -0.2) is 53.3 Å². The number of amides is 1. The largest absolute Gasteiger partial charge is 0.435 e. The zero-order chi connectivity index (χ0) is 25.8. The highest BCUT2D eigenvalue weighted by molar-refractivity contribution is 7.93. The monoisotopic (exact) mass is 519 g/mol. The van der Waals surface area contributed by atoms with E-state index in [0.29, 0.717) is 4.57 Å². The average molecular weight is 519 g/mol. The van der Waals surface area contributed by atoms with Crippen molar-refractivity contribution in [1.82, 2.24) is 14.5 Å². The van der Waals surface area contributed by atoms with Gasteiger partial charge in [0, 0.05) is 11.6 Å². The van der Waals surface area contributed by atoms with Crippen LogP contribution in [0.4, 0.5) is 22.0 Å². The zero-order valence-corrected chi connectivity index (χ0v) is 18.8. The van der Waals surface area contributed by atoms with Crippen molar-refractivity contribution < 1.29 is 39.9 Å². The van der Waals surface area contributed by atoms with Gasteiger partial charge >= 0.3 is 18.5 Å². The maximum atomic E-state index is 13.3. The van der Waals surface area contributed by atoms with Gasteiger partial charge in [0.25, 0.3) is 5.91 Å². The van der Waals surface area contributed by atoms with E-state index < -0.39 is 46.3 Å². The average Bonchev–Trinajstić information content (AvgIpc) is 2.95. The second-order valence-corrected chi connectivity index (χ2v) is 10.5. The molecule has 14 heteroatoms. The van der Waals surface area contributed by atoms with Crippen LogP contribution in [0.5, 0.6) is 5.75 Å². The van der Waals surface area contributed by atoms with Crippen LogP contribution in [0.25, 0.3) is 16.7 Å². The Kier molecular flexibility index (Phi) is 5.90. The van der Waals surface area contributed by atoms with Crippen molar-refractivity contribution in [3.63, 3.8) is 0 Å². The van der Waals surface area contributed by atoms with Crippen LogP contribution in [0.15, 0.2) is 47.3 Å². The van der Waals surface area contributed by atoms with E-state index in [4.69, 9.17) is 0 Å². The predicted octanol–water partition coefficient (Wildman–Crippen LogP) is 2.87. The van der Waals surface area contributed by atoms with Crippen LogP contribution >= 0.6 is 0 Å². The lowest BCUT2D eigenvalue weighted by molar-refractivity contribution is -0.140. The van der Waals surface area contributed by atoms with E-state index in [2.05, 4.69) is 10.1 Å². The molecular formula is C21H18F5N3O5S. The minimum atomic E-state index is -4.78. The molecule has 4 rings (SSSR count). The van der Waals surface area contributed by atoms with Gasteiger partial charge in [-0.25, -0.2) is 13.2 Å². The molecular weight excluding hydrogens is 501 g/mol. The number of aromatic nitrogens is 2. The molecule has 1 N–H and O–H groups in total. The highest BCUT2D eigenvalue weighted by Gasteiger charge is 2.45. The number of hydrogen-bond donors (Lipinski definition) is 1. The summed E-state index contributed by atoms with van der Waals surface area (Å²) in [5.74, 6) is -1.59. The fraction of sp³-hybridized carbons (Fsp3) is 0.333. The van der Waals surface area contributed by atoms with Crippen LogP contribution in [-0.2, 0) is 16.4 Å². The summed E-state index contributed by atoms with van der Waals surface area (Å²) >= 11 is 0. The van der Waals surface area contributed by atoms with Gasteiger partial charge in [0.15, 0.2) is 9.84 Å². The van der Waals surface area contributed by atoms with Gasteiger partial charge in [0.1, 0.15) is 12.3 Å². The Labute approximate surface area is 194 Å². The summed E-state index contributed by atoms with van der Waals surface area (Å²) in [4.78, 5) is 25.7. The summed E-state index contributed by atoms with van der Waals surface area (Å²) in [5, 5.41) is 2.55. The molecule has 0 atom stereocenters. The molecule has 1 amide bonds. The number of nitrogens with one attached hydrogen (secondary N) is 1. The minimum absolute atomic E-state index is 0.0116. The van der Waals surface area contributed by atoms with Crippen LogP contribution in [0, 0.1) is 0 Å². The Hall–Kier alpha value is -3.42. The second kappa shape index (κ2) is 8.36. The topological polar surface area (TPSA) is 99.4 Å². The molecule has 1 aromatic heterocycles. The Morgan fingerprint density at radius 1 is 1.14 bits per heavy atom. The third kappa shape index (κ3) is 5.16. The number of benzene rings is 2. The molecule has 0 aliphatic carbocycles. The first-order valence-corrected chi connectivity index (χ1v) is 11.9. The number of hydrogen-bond acceptors (Lipinski definition) is 5. The third-order valence-corrected chi connectivity index (χ3v) is 7.48. The van der Waals surface area contributed by atoms with Crippen molar-refractivity contribution in [2.24, 2.45) is 0 Å². The number of ether oxygens (including phenoxy) is 1. The van der Waals surface area contributed by atoms with Crippen LogP contribution in [0.2, 0.25) is 0 Å². The number of nitrogens with zero attached hydrogens (tertiary/aromatic N) is 2. The fourth-order valence-corrected chi connectivity index (χ4v) is 6.13. The summed E-state index contributed by atoms with van der Waals surface area (Å²) < 4.78 is 93.6. The van der Waals surface area contributed by atoms with Crippen LogP contribution < -0.4 is 15.7 Å². The molecule has 1 saturated heterocycles. The quantitative estimate of drug-likeness (QED) is 0.505. The van der Waals surface area contributed by atoms with Gasteiger partial charge < -0.3 is 10.1 Å². The molecule has 2 aromatic carbocycles. The first-order valence-electron chi connectivity index (χ1n) is 10.1. The van der Waals surface area contributed by atoms with Crippen molar-refractivity contribution >= 4 is 26.8 Å². The molecule has 0 bridgehead atoms. The van der Waals surface area contributed by atoms with Gasteiger partial charge in [0.2, 0.25) is 0 Å². The van der Waals surface area contributed by atoms with Gasteiger partial charge in [-0.3, -0.25) is 13.9 Å². The SMILES string of the molecule is CC1(NC(=O)c2ccc3c(c2)n(CC(F)(F)F)c(=O)n3-c2cccc(OC(F)F)c2)CS(=O)(=O)C1. The highest BCUT2D eigenvalue weighted by atomic mass is 32.2. The molecule has 188 valence electrons. The second-order valence-electron chi connectivity index (χ2n) is 8.45. The maximum Gasteiger partial charge on any atom is 0.406 e. The number of alkyl halides is 5. The van der Waals surface area contributed by atoms with Crippen molar-refractivity contribution in [2.75, 3.05) is 11.5 Å². The van der Waals surface area contributed by atoms with E-state index in [1.54, 1.807) is 0 Å². The summed E-state index contributed by atoms with van der Waals surface area (Å²) in [6.45, 7) is -3.29. The summed E-state index contributed by atoms with van der Waals surface area (Å²) in [6.07, 6.45) is -4.78. The predicted molar refractivity (Wildman–Crippen MR) is 115 cm³/mol. The van der Waals surface area contributed by atoms with E-state index in [-0.39, 0.29) is 39.5 Å². The number of imidazole rings is 1. The minimum Gasteiger partial charge on any atom is -0.435 e. The standard InChI is InChI=1S/C21H18F5N3O5S/c1-20(10-35(32,33)11-20)27-17(30)12-5-6-15-16(7-12)28(9-21(24,25)26)19(31)29(15)13-3-2-4-14(8-13)34-18(22)23/h2-8,18H,9-11H2,1H3,(H,27,30). The normalized spacial score (nSPS) is 16.8. The first-order chi connectivity index (χ1) is 16.2. The summed E-state index contributed by atoms with van der Waals surface area (Å²) in [5.41, 5.74) is -2.49. The number of fused-ring (bicyclic) bond motifs is 1. The number of rotatable bonds is 6. The molecule has 2 heterocycles. The van der Waals surface area contributed by atoms with Gasteiger partial charge in [-0.2, -0.15) is 22.0 Å². The highest BCUT2D eigenvalue weighted by Crippen LogP contribution is 2.27. The van der Waals surface area contributed by atoms with E-state index in [1.807, 2.05) is 0 Å². The fourth-order valence-electron chi connectivity index (χ4n) is 4.12. The lowest BCUT2D eigenvalue weighted by atomic mass is 10.1. The van der Waals surface area contributed by atoms with Gasteiger partial charge in [0.05, 0.1) is 33.8 Å². The molecule has 1 aliphatic rings. The zero-order valence-electron chi connectivity index (χ0n) is 18.0. The van der Waals surface area contributed by atoms with Crippen molar-refractivity contribution in [2.45, 2.75) is 31.8 Å². The van der Waals surface area contributed by atoms with Gasteiger partial charge in [-0.1, -0.05) is 6.07 Å². The molecule has 3 aromatic rings. The van der Waals surface area contributed by atoms with E-state index >= 15 is 0 Å². The van der Waals surface area contributed by atoms with Gasteiger partial charge in [-0.15, -0.1) is 0 Å². The van der Waals surface area contributed by atoms with Crippen molar-refractivity contribution in [3.8, 4) is 11.4 Å². The van der Waals surface area contributed by atoms with Crippen LogP contribution in [0.1, 0.15) is 17.3 Å². The first kappa shape index (κ1) is 24.7. The molecule has 0 unspecified atom stereocenters. The molecule has 0 saturated carbocycles. The number of carbonyl (C=O) groups is 1. The summed E-state index contributed by atoms with van der Waals surface area (Å²) in [6, 6.07) is 8.49. The van der Waals surface area contributed by atoms with Crippen molar-refractivity contribution in [3.05, 3.63) is 58.5 Å². The summed E-state index contributed by atoms with van der Waals surface area (Å²) in [7, 11) is -3.27. The van der Waals surface area contributed by atoms with E-state index in [0.717, 1.165) is 16.7 Å². The smallest absolute Gasteiger partial charge is 0.406 e. The Morgan fingerprint density at radius 2 is 1.83 bits per heavy atom. The maximum absolute atomic E-state index is 13.3. The molecule has 1 aliphatic heterocycles. The lowest BCUT2D eigenvalue weighted by Crippen LogP contribution is -2.63. The molecule has 0 radical (unpaired) electrons. The van der Waals surface area contributed by atoms with E-state index in [1.165, 1.54) is 37.3 Å². The van der Waals surface area contributed by atoms with Crippen molar-refractivity contribution in [1.29, 1.82) is 0 Å². The Balaban J connectivity index is 1.80. The third-order valence-electron chi connectivity index (χ3n) is 5.32.